The van der Waals surface area contributed by atoms with E-state index in [0.29, 0.717) is 11.4 Å². The Morgan fingerprint density at radius 2 is 2.19 bits per heavy atom. The van der Waals surface area contributed by atoms with Gasteiger partial charge in [0.2, 0.25) is 5.91 Å². The number of hydrogen-bond acceptors (Lipinski definition) is 5. The number of anilines is 1. The topological polar surface area (TPSA) is 90.6 Å². The molecule has 1 aromatic rings. The van der Waals surface area contributed by atoms with Gasteiger partial charge in [-0.15, -0.1) is 0 Å². The molecule has 2 atom stereocenters. The highest BCUT2D eigenvalue weighted by atomic mass is 16.6. The zero-order chi connectivity index (χ0) is 15.2. The maximum absolute atomic E-state index is 12.1. The third kappa shape index (κ3) is 4.46. The minimum absolute atomic E-state index is 0.0203. The van der Waals surface area contributed by atoms with E-state index in [4.69, 9.17) is 10.5 Å². The number of ether oxygens (including phenoxy) is 2. The molecule has 0 saturated heterocycles. The zero-order valence-electron chi connectivity index (χ0n) is 12.0. The SMILES string of the molecule is COC(=O)COc1cccc(NC(=O)C2CCC(N)C2)c1. The molecule has 1 aliphatic carbocycles. The number of methoxy groups -OCH3 is 1. The van der Waals surface area contributed by atoms with Gasteiger partial charge in [-0.3, -0.25) is 4.79 Å². The summed E-state index contributed by atoms with van der Waals surface area (Å²) in [5, 5.41) is 2.86. The highest BCUT2D eigenvalue weighted by Gasteiger charge is 2.27. The summed E-state index contributed by atoms with van der Waals surface area (Å²) in [6, 6.07) is 7.04. The van der Waals surface area contributed by atoms with Crippen molar-refractivity contribution in [2.24, 2.45) is 11.7 Å². The van der Waals surface area contributed by atoms with Crippen LogP contribution in [0.5, 0.6) is 5.75 Å². The number of benzene rings is 1. The van der Waals surface area contributed by atoms with Crippen molar-refractivity contribution < 1.29 is 19.1 Å². The van der Waals surface area contributed by atoms with Crippen molar-refractivity contribution >= 4 is 17.6 Å². The molecule has 1 aromatic carbocycles. The van der Waals surface area contributed by atoms with Crippen LogP contribution in [0.4, 0.5) is 5.69 Å². The van der Waals surface area contributed by atoms with Gasteiger partial charge in [0.15, 0.2) is 6.61 Å². The largest absolute Gasteiger partial charge is 0.482 e. The molecular formula is C15H20N2O4. The number of carbonyl (C=O) groups excluding carboxylic acids is 2. The molecule has 1 amide bonds. The monoisotopic (exact) mass is 292 g/mol. The van der Waals surface area contributed by atoms with Crippen LogP contribution in [0.2, 0.25) is 0 Å². The standard InChI is InChI=1S/C15H20N2O4/c1-20-14(18)9-21-13-4-2-3-12(8-13)17-15(19)10-5-6-11(16)7-10/h2-4,8,10-11H,5-7,9,16H2,1H3,(H,17,19). The minimum atomic E-state index is -0.454. The van der Waals surface area contributed by atoms with E-state index in [1.54, 1.807) is 24.3 Å². The van der Waals surface area contributed by atoms with Crippen molar-refractivity contribution in [3.8, 4) is 5.75 Å². The van der Waals surface area contributed by atoms with Crippen molar-refractivity contribution in [1.29, 1.82) is 0 Å². The quantitative estimate of drug-likeness (QED) is 0.798. The Bertz CT molecular complexity index is 518. The van der Waals surface area contributed by atoms with Gasteiger partial charge in [-0.25, -0.2) is 4.79 Å². The molecule has 0 heterocycles. The Kier molecular flexibility index (Phi) is 5.16. The molecule has 2 rings (SSSR count). The van der Waals surface area contributed by atoms with Crippen LogP contribution in [0.3, 0.4) is 0 Å². The first-order valence-corrected chi connectivity index (χ1v) is 6.94. The third-order valence-corrected chi connectivity index (χ3v) is 3.53. The number of nitrogens with two attached hydrogens (primary N) is 1. The van der Waals surface area contributed by atoms with E-state index in [2.05, 4.69) is 10.1 Å². The smallest absolute Gasteiger partial charge is 0.343 e. The molecule has 3 N–H and O–H groups in total. The minimum Gasteiger partial charge on any atom is -0.482 e. The first kappa shape index (κ1) is 15.3. The number of carbonyl (C=O) groups is 2. The first-order valence-electron chi connectivity index (χ1n) is 6.94. The number of hydrogen-bond donors (Lipinski definition) is 2. The molecule has 21 heavy (non-hydrogen) atoms. The molecule has 0 bridgehead atoms. The van der Waals surface area contributed by atoms with Crippen molar-refractivity contribution in [2.75, 3.05) is 19.0 Å². The average molecular weight is 292 g/mol. The lowest BCUT2D eigenvalue weighted by Gasteiger charge is -2.12. The fourth-order valence-electron chi connectivity index (χ4n) is 2.36. The van der Waals surface area contributed by atoms with E-state index in [1.807, 2.05) is 0 Å². The van der Waals surface area contributed by atoms with Crippen molar-refractivity contribution in [3.63, 3.8) is 0 Å². The van der Waals surface area contributed by atoms with Crippen LogP contribution < -0.4 is 15.8 Å². The van der Waals surface area contributed by atoms with E-state index in [9.17, 15) is 9.59 Å². The second kappa shape index (κ2) is 7.08. The Balaban J connectivity index is 1.91. The van der Waals surface area contributed by atoms with Gasteiger partial charge in [0, 0.05) is 23.7 Å². The normalized spacial score (nSPS) is 20.9. The lowest BCUT2D eigenvalue weighted by Crippen LogP contribution is -2.23. The summed E-state index contributed by atoms with van der Waals surface area (Å²) in [6.07, 6.45) is 2.44. The zero-order valence-corrected chi connectivity index (χ0v) is 12.0. The fourth-order valence-corrected chi connectivity index (χ4v) is 2.36. The second-order valence-electron chi connectivity index (χ2n) is 5.15. The summed E-state index contributed by atoms with van der Waals surface area (Å²) in [4.78, 5) is 23.1. The molecule has 0 spiro atoms. The van der Waals surface area contributed by atoms with Gasteiger partial charge >= 0.3 is 5.97 Å². The summed E-state index contributed by atoms with van der Waals surface area (Å²) < 4.78 is 9.78. The molecule has 2 unspecified atom stereocenters. The first-order chi connectivity index (χ1) is 10.1. The summed E-state index contributed by atoms with van der Waals surface area (Å²) in [6.45, 7) is -0.161. The molecule has 1 aliphatic rings. The Hall–Kier alpha value is -2.08. The maximum Gasteiger partial charge on any atom is 0.343 e. The molecule has 0 aromatic heterocycles. The van der Waals surface area contributed by atoms with E-state index in [-0.39, 0.29) is 24.5 Å². The van der Waals surface area contributed by atoms with Gasteiger partial charge in [0.05, 0.1) is 7.11 Å². The van der Waals surface area contributed by atoms with Gasteiger partial charge < -0.3 is 20.5 Å². The Morgan fingerprint density at radius 3 is 2.86 bits per heavy atom. The number of rotatable bonds is 5. The van der Waals surface area contributed by atoms with Gasteiger partial charge in [-0.1, -0.05) is 6.07 Å². The molecular weight excluding hydrogens is 272 g/mol. The van der Waals surface area contributed by atoms with Crippen LogP contribution in [0.25, 0.3) is 0 Å². The highest BCUT2D eigenvalue weighted by Crippen LogP contribution is 2.26. The molecule has 114 valence electrons. The second-order valence-corrected chi connectivity index (χ2v) is 5.15. The Morgan fingerprint density at radius 1 is 1.38 bits per heavy atom. The summed E-state index contributed by atoms with van der Waals surface area (Å²) in [5.74, 6) is -0.00147. The molecule has 6 nitrogen and oxygen atoms in total. The van der Waals surface area contributed by atoms with Gasteiger partial charge in [0.25, 0.3) is 0 Å². The van der Waals surface area contributed by atoms with Crippen LogP contribution >= 0.6 is 0 Å². The molecule has 1 saturated carbocycles. The van der Waals surface area contributed by atoms with Gasteiger partial charge in [-0.2, -0.15) is 0 Å². The molecule has 0 aliphatic heterocycles. The van der Waals surface area contributed by atoms with Gasteiger partial charge in [-0.05, 0) is 31.4 Å². The summed E-state index contributed by atoms with van der Waals surface area (Å²) in [5.41, 5.74) is 6.46. The van der Waals surface area contributed by atoms with E-state index >= 15 is 0 Å². The lowest BCUT2D eigenvalue weighted by molar-refractivity contribution is -0.142. The Labute approximate surface area is 123 Å². The average Bonchev–Trinajstić information content (AvgIpc) is 2.92. The molecule has 6 heteroatoms. The summed E-state index contributed by atoms with van der Waals surface area (Å²) in [7, 11) is 1.30. The fraction of sp³-hybridized carbons (Fsp3) is 0.467. The third-order valence-electron chi connectivity index (χ3n) is 3.53. The lowest BCUT2D eigenvalue weighted by atomic mass is 10.1. The predicted molar refractivity (Wildman–Crippen MR) is 77.9 cm³/mol. The van der Waals surface area contributed by atoms with Crippen molar-refractivity contribution in [3.05, 3.63) is 24.3 Å². The summed E-state index contributed by atoms with van der Waals surface area (Å²) >= 11 is 0. The van der Waals surface area contributed by atoms with E-state index in [0.717, 1.165) is 19.3 Å². The maximum atomic E-state index is 12.1. The van der Waals surface area contributed by atoms with Crippen LogP contribution in [-0.2, 0) is 14.3 Å². The molecule has 0 radical (unpaired) electrons. The van der Waals surface area contributed by atoms with Crippen LogP contribution in [0, 0.1) is 5.92 Å². The van der Waals surface area contributed by atoms with E-state index in [1.165, 1.54) is 7.11 Å². The number of amides is 1. The van der Waals surface area contributed by atoms with Crippen LogP contribution in [0.15, 0.2) is 24.3 Å². The molecule has 1 fully saturated rings. The van der Waals surface area contributed by atoms with Crippen molar-refractivity contribution in [1.82, 2.24) is 0 Å². The van der Waals surface area contributed by atoms with Crippen LogP contribution in [0.1, 0.15) is 19.3 Å². The predicted octanol–water partition coefficient (Wildman–Crippen LogP) is 1.30. The number of esters is 1. The number of nitrogens with one attached hydrogen (secondary N) is 1. The van der Waals surface area contributed by atoms with E-state index < -0.39 is 5.97 Å². The van der Waals surface area contributed by atoms with Crippen molar-refractivity contribution in [2.45, 2.75) is 25.3 Å². The van der Waals surface area contributed by atoms with Crippen LogP contribution in [-0.4, -0.2) is 31.6 Å². The highest BCUT2D eigenvalue weighted by molar-refractivity contribution is 5.92. The van der Waals surface area contributed by atoms with Gasteiger partial charge in [0.1, 0.15) is 5.75 Å².